The molecule has 2 aromatic rings. The highest BCUT2D eigenvalue weighted by atomic mass is 16.6. The van der Waals surface area contributed by atoms with Crippen molar-refractivity contribution in [3.8, 4) is 0 Å². The molecule has 0 saturated carbocycles. The Morgan fingerprint density at radius 2 is 1.73 bits per heavy atom. The summed E-state index contributed by atoms with van der Waals surface area (Å²) in [5.41, 5.74) is -0.581. The van der Waals surface area contributed by atoms with Gasteiger partial charge in [-0.05, 0) is 58.1 Å². The molecule has 0 bridgehead atoms. The largest absolute Gasteiger partial charge is 0.463 e. The van der Waals surface area contributed by atoms with E-state index in [9.17, 15) is 24.0 Å². The Bertz CT molecular complexity index is 1410. The predicted octanol–water partition coefficient (Wildman–Crippen LogP) is 3.71. The highest BCUT2D eigenvalue weighted by Gasteiger charge is 2.42. The topological polar surface area (TPSA) is 144 Å². The van der Waals surface area contributed by atoms with E-state index in [1.54, 1.807) is 39.8 Å². The Labute approximate surface area is 258 Å². The fourth-order valence-electron chi connectivity index (χ4n) is 4.91. The Morgan fingerprint density at radius 1 is 1.02 bits per heavy atom. The molecule has 1 unspecified atom stereocenters. The van der Waals surface area contributed by atoms with Gasteiger partial charge in [-0.15, -0.1) is 0 Å². The van der Waals surface area contributed by atoms with Crippen LogP contribution >= 0.6 is 0 Å². The van der Waals surface area contributed by atoms with Crippen molar-refractivity contribution in [1.29, 1.82) is 0 Å². The molecule has 1 aliphatic heterocycles. The average molecular weight is 609 g/mol. The van der Waals surface area contributed by atoms with Crippen LogP contribution in [0.2, 0.25) is 0 Å². The standard InChI is InChI=1S/C33H44N4O7/c1-8-43-26(38)18-16-22(20-27(39)44-33(5,6)7)34-30(41)25-14-11-19-37(25)31(42)28(32(2,3)4)36-29(40)24-17-15-21-12-9-10-13-23(21)35-24/h9-10,12-13,15-18,22,25,28H,8,11,14,19-20H2,1-7H3,(H,34,41)(H,36,40)/b18-16+/t22-,25-,28?/m1/s1. The summed E-state index contributed by atoms with van der Waals surface area (Å²) in [6.07, 6.45) is 3.29. The van der Waals surface area contributed by atoms with Crippen molar-refractivity contribution in [3.63, 3.8) is 0 Å². The maximum absolute atomic E-state index is 14.0. The number of likely N-dealkylation sites (tertiary alicyclic amines) is 1. The molecule has 1 saturated heterocycles. The Balaban J connectivity index is 1.78. The van der Waals surface area contributed by atoms with Crippen molar-refractivity contribution in [2.24, 2.45) is 5.41 Å². The minimum absolute atomic E-state index is 0.174. The van der Waals surface area contributed by atoms with Crippen LogP contribution in [-0.4, -0.2) is 76.4 Å². The summed E-state index contributed by atoms with van der Waals surface area (Å²) in [6, 6.07) is 8.19. The van der Waals surface area contributed by atoms with Gasteiger partial charge in [0.15, 0.2) is 0 Å². The zero-order valence-electron chi connectivity index (χ0n) is 26.6. The number of carbonyl (C=O) groups is 5. The van der Waals surface area contributed by atoms with Gasteiger partial charge in [-0.1, -0.05) is 51.1 Å². The van der Waals surface area contributed by atoms with Crippen molar-refractivity contribution in [1.82, 2.24) is 20.5 Å². The lowest BCUT2D eigenvalue weighted by molar-refractivity contribution is -0.155. The van der Waals surface area contributed by atoms with Crippen LogP contribution in [0, 0.1) is 5.41 Å². The molecule has 3 amide bonds. The SMILES string of the molecule is CCOC(=O)/C=C/[C@H](CC(=O)OC(C)(C)C)NC(=O)[C@H]1CCCN1C(=O)C(NC(=O)c1ccc2ccccc2n1)C(C)(C)C. The summed E-state index contributed by atoms with van der Waals surface area (Å²) in [5.74, 6) is -2.54. The normalized spacial score (nSPS) is 16.8. The number of fused-ring (bicyclic) bond motifs is 1. The molecule has 3 atom stereocenters. The van der Waals surface area contributed by atoms with Gasteiger partial charge in [0.2, 0.25) is 11.8 Å². The number of para-hydroxylation sites is 1. The van der Waals surface area contributed by atoms with E-state index in [1.165, 1.54) is 11.0 Å². The molecule has 0 spiro atoms. The molecule has 3 rings (SSSR count). The van der Waals surface area contributed by atoms with Gasteiger partial charge < -0.3 is 25.0 Å². The summed E-state index contributed by atoms with van der Waals surface area (Å²) in [5, 5.41) is 6.54. The van der Waals surface area contributed by atoms with Crippen LogP contribution in [0.4, 0.5) is 0 Å². The predicted molar refractivity (Wildman–Crippen MR) is 165 cm³/mol. The average Bonchev–Trinajstić information content (AvgIpc) is 3.43. The Hall–Kier alpha value is -4.28. The molecule has 0 aliphatic carbocycles. The number of hydrogen-bond acceptors (Lipinski definition) is 8. The van der Waals surface area contributed by atoms with Gasteiger partial charge in [-0.25, -0.2) is 9.78 Å². The van der Waals surface area contributed by atoms with E-state index in [-0.39, 0.29) is 18.7 Å². The zero-order chi connectivity index (χ0) is 32.7. The molecule has 0 radical (unpaired) electrons. The van der Waals surface area contributed by atoms with Gasteiger partial charge in [-0.3, -0.25) is 19.2 Å². The second kappa shape index (κ2) is 14.5. The molecule has 1 fully saturated rings. The molecule has 238 valence electrons. The third-order valence-electron chi connectivity index (χ3n) is 6.94. The monoisotopic (exact) mass is 608 g/mol. The number of carbonyl (C=O) groups excluding carboxylic acids is 5. The van der Waals surface area contributed by atoms with E-state index in [0.29, 0.717) is 24.9 Å². The number of amides is 3. The van der Waals surface area contributed by atoms with E-state index >= 15 is 0 Å². The number of rotatable bonds is 10. The van der Waals surface area contributed by atoms with Crippen molar-refractivity contribution in [2.45, 2.75) is 91.5 Å². The van der Waals surface area contributed by atoms with Crippen LogP contribution in [-0.2, 0) is 28.7 Å². The van der Waals surface area contributed by atoms with Crippen LogP contribution in [0.3, 0.4) is 0 Å². The highest BCUT2D eigenvalue weighted by Crippen LogP contribution is 2.26. The minimum atomic E-state index is -0.946. The molecule has 2 N–H and O–H groups in total. The second-order valence-electron chi connectivity index (χ2n) is 12.9. The third kappa shape index (κ3) is 9.62. The highest BCUT2D eigenvalue weighted by molar-refractivity contribution is 5.99. The molecule has 11 nitrogen and oxygen atoms in total. The fourth-order valence-corrected chi connectivity index (χ4v) is 4.91. The van der Waals surface area contributed by atoms with Crippen molar-refractivity contribution >= 4 is 40.6 Å². The van der Waals surface area contributed by atoms with Crippen LogP contribution in [0.15, 0.2) is 48.6 Å². The summed E-state index contributed by atoms with van der Waals surface area (Å²) < 4.78 is 10.3. The van der Waals surface area contributed by atoms with Crippen LogP contribution in [0.5, 0.6) is 0 Å². The molecule has 11 heteroatoms. The summed E-state index contributed by atoms with van der Waals surface area (Å²) >= 11 is 0. The number of aromatic nitrogens is 1. The van der Waals surface area contributed by atoms with E-state index in [4.69, 9.17) is 9.47 Å². The molecular formula is C33H44N4O7. The van der Waals surface area contributed by atoms with Gasteiger partial charge in [-0.2, -0.15) is 0 Å². The molecule has 2 heterocycles. The van der Waals surface area contributed by atoms with Crippen molar-refractivity contribution < 1.29 is 33.4 Å². The van der Waals surface area contributed by atoms with Crippen LogP contribution in [0.25, 0.3) is 10.9 Å². The van der Waals surface area contributed by atoms with Gasteiger partial charge >= 0.3 is 11.9 Å². The van der Waals surface area contributed by atoms with Crippen molar-refractivity contribution in [2.75, 3.05) is 13.2 Å². The number of esters is 2. The van der Waals surface area contributed by atoms with Gasteiger partial charge in [0.1, 0.15) is 23.4 Å². The summed E-state index contributed by atoms with van der Waals surface area (Å²) in [6.45, 7) is 12.9. The first-order valence-corrected chi connectivity index (χ1v) is 14.9. The van der Waals surface area contributed by atoms with Gasteiger partial charge in [0.25, 0.3) is 5.91 Å². The molecule has 1 aliphatic rings. The minimum Gasteiger partial charge on any atom is -0.463 e. The first-order chi connectivity index (χ1) is 20.6. The molecule has 1 aromatic heterocycles. The lowest BCUT2D eigenvalue weighted by atomic mass is 9.85. The molecule has 1 aromatic carbocycles. The summed E-state index contributed by atoms with van der Waals surface area (Å²) in [4.78, 5) is 71.2. The fraction of sp³-hybridized carbons (Fsp3) is 0.515. The number of nitrogens with one attached hydrogen (secondary N) is 2. The van der Waals surface area contributed by atoms with E-state index in [2.05, 4.69) is 15.6 Å². The summed E-state index contributed by atoms with van der Waals surface area (Å²) in [7, 11) is 0. The number of benzene rings is 1. The van der Waals surface area contributed by atoms with E-state index < -0.39 is 58.8 Å². The third-order valence-corrected chi connectivity index (χ3v) is 6.94. The number of ether oxygens (including phenoxy) is 2. The van der Waals surface area contributed by atoms with Gasteiger partial charge in [0.05, 0.1) is 24.6 Å². The zero-order valence-corrected chi connectivity index (χ0v) is 26.6. The van der Waals surface area contributed by atoms with E-state index in [0.717, 1.165) is 11.5 Å². The molecule has 44 heavy (non-hydrogen) atoms. The Morgan fingerprint density at radius 3 is 2.39 bits per heavy atom. The van der Waals surface area contributed by atoms with Crippen LogP contribution in [0.1, 0.15) is 78.2 Å². The smallest absolute Gasteiger partial charge is 0.330 e. The lowest BCUT2D eigenvalue weighted by Crippen LogP contribution is -2.58. The number of nitrogens with zero attached hydrogens (tertiary/aromatic N) is 2. The first-order valence-electron chi connectivity index (χ1n) is 14.9. The second-order valence-corrected chi connectivity index (χ2v) is 12.9. The number of hydrogen-bond donors (Lipinski definition) is 2. The van der Waals surface area contributed by atoms with Gasteiger partial charge in [0, 0.05) is 18.0 Å². The molecular weight excluding hydrogens is 564 g/mol. The van der Waals surface area contributed by atoms with Crippen LogP contribution < -0.4 is 10.6 Å². The maximum atomic E-state index is 14.0. The number of pyridine rings is 1. The quantitative estimate of drug-likeness (QED) is 0.307. The maximum Gasteiger partial charge on any atom is 0.330 e. The van der Waals surface area contributed by atoms with Crippen molar-refractivity contribution in [3.05, 3.63) is 54.2 Å². The lowest BCUT2D eigenvalue weighted by Gasteiger charge is -2.35. The first kappa shape index (κ1) is 34.2. The van der Waals surface area contributed by atoms with E-state index in [1.807, 2.05) is 45.0 Å². The Kier molecular flexibility index (Phi) is 11.2.